The number of anilines is 4. The van der Waals surface area contributed by atoms with Crippen molar-refractivity contribution in [2.75, 3.05) is 24.8 Å². The molecule has 1 aromatic carbocycles. The monoisotopic (exact) mass is 460 g/mol. The van der Waals surface area contributed by atoms with Gasteiger partial charge in [-0.25, -0.2) is 9.97 Å². The molecule has 0 bridgehead atoms. The Morgan fingerprint density at radius 3 is 2.59 bits per heavy atom. The number of rotatable bonds is 8. The van der Waals surface area contributed by atoms with Crippen molar-refractivity contribution >= 4 is 28.9 Å². The van der Waals surface area contributed by atoms with Gasteiger partial charge in [0.05, 0.1) is 24.0 Å². The Morgan fingerprint density at radius 2 is 1.94 bits per heavy atom. The lowest BCUT2D eigenvalue weighted by molar-refractivity contribution is 0.0958. The van der Waals surface area contributed by atoms with Crippen molar-refractivity contribution in [2.45, 2.75) is 6.54 Å². The molecule has 12 heteroatoms. The van der Waals surface area contributed by atoms with Crippen molar-refractivity contribution in [3.05, 3.63) is 60.2 Å². The molecule has 5 N–H and O–H groups in total. The van der Waals surface area contributed by atoms with E-state index in [2.05, 4.69) is 41.2 Å². The quantitative estimate of drug-likeness (QED) is 0.306. The fraction of sp³-hybridized carbons (Fsp3) is 0.182. The van der Waals surface area contributed by atoms with Gasteiger partial charge in [-0.15, -0.1) is 10.2 Å². The fourth-order valence-electron chi connectivity index (χ4n) is 3.22. The zero-order valence-electron chi connectivity index (χ0n) is 18.9. The topological polar surface area (TPSA) is 158 Å². The molecule has 0 atom stereocenters. The molecule has 4 rings (SSSR count). The fourth-order valence-corrected chi connectivity index (χ4v) is 3.22. The first-order valence-electron chi connectivity index (χ1n) is 10.3. The Morgan fingerprint density at radius 1 is 1.09 bits per heavy atom. The maximum absolute atomic E-state index is 12.5. The van der Waals surface area contributed by atoms with Crippen molar-refractivity contribution in [1.82, 2.24) is 35.3 Å². The number of pyridine rings is 1. The highest BCUT2D eigenvalue weighted by atomic mass is 16.5. The molecular weight excluding hydrogens is 436 g/mol. The number of carbonyl (C=O) groups is 1. The number of hydrogen-bond acceptors (Lipinski definition) is 10. The third kappa shape index (κ3) is 4.76. The first-order valence-corrected chi connectivity index (χ1v) is 10.3. The van der Waals surface area contributed by atoms with Crippen LogP contribution in [0.1, 0.15) is 16.1 Å². The Bertz CT molecular complexity index is 1300. The number of hydrogen-bond donors (Lipinski definition) is 4. The summed E-state index contributed by atoms with van der Waals surface area (Å²) in [6.45, 7) is 0.400. The number of aromatic nitrogens is 6. The Hall–Kier alpha value is -4.58. The Balaban J connectivity index is 1.71. The van der Waals surface area contributed by atoms with Gasteiger partial charge in [0.2, 0.25) is 0 Å². The molecule has 3 heterocycles. The predicted octanol–water partition coefficient (Wildman–Crippen LogP) is 1.98. The van der Waals surface area contributed by atoms with E-state index in [4.69, 9.17) is 10.5 Å². The molecule has 0 radical (unpaired) electrons. The molecule has 0 aliphatic carbocycles. The lowest BCUT2D eigenvalue weighted by Gasteiger charge is -2.16. The minimum Gasteiger partial charge on any atom is -0.494 e. The van der Waals surface area contributed by atoms with Crippen LogP contribution >= 0.6 is 0 Å². The van der Waals surface area contributed by atoms with Crippen LogP contribution in [0.5, 0.6) is 5.75 Å². The minimum absolute atomic E-state index is 0.114. The van der Waals surface area contributed by atoms with Crippen LogP contribution in [0, 0.1) is 0 Å². The number of aryl methyl sites for hydroxylation is 1. The summed E-state index contributed by atoms with van der Waals surface area (Å²) in [5.41, 5.74) is 8.36. The normalized spacial score (nSPS) is 10.6. The summed E-state index contributed by atoms with van der Waals surface area (Å²) in [6, 6.07) is 10.8. The number of nitrogens with two attached hydrogens (primary N) is 1. The van der Waals surface area contributed by atoms with Gasteiger partial charge in [0.1, 0.15) is 12.1 Å². The van der Waals surface area contributed by atoms with Gasteiger partial charge in [-0.3, -0.25) is 9.48 Å². The van der Waals surface area contributed by atoms with Gasteiger partial charge >= 0.3 is 0 Å². The van der Waals surface area contributed by atoms with E-state index in [9.17, 15) is 4.79 Å². The van der Waals surface area contributed by atoms with Crippen LogP contribution in [0.3, 0.4) is 0 Å². The number of benzene rings is 1. The van der Waals surface area contributed by atoms with Crippen LogP contribution in [-0.4, -0.2) is 50.0 Å². The van der Waals surface area contributed by atoms with Gasteiger partial charge in [0.15, 0.2) is 23.1 Å². The first-order chi connectivity index (χ1) is 16.5. The molecule has 0 saturated carbocycles. The average molecular weight is 461 g/mol. The molecule has 0 spiro atoms. The predicted molar refractivity (Wildman–Crippen MR) is 127 cm³/mol. The van der Waals surface area contributed by atoms with Crippen LogP contribution in [0.25, 0.3) is 11.4 Å². The van der Waals surface area contributed by atoms with Crippen molar-refractivity contribution < 1.29 is 9.53 Å². The molecule has 0 unspecified atom stereocenters. The van der Waals surface area contributed by atoms with E-state index in [1.54, 1.807) is 43.5 Å². The number of amides is 1. The van der Waals surface area contributed by atoms with E-state index >= 15 is 0 Å². The highest BCUT2D eigenvalue weighted by molar-refractivity contribution is 5.99. The van der Waals surface area contributed by atoms with Crippen LogP contribution in [-0.2, 0) is 13.6 Å². The van der Waals surface area contributed by atoms with Gasteiger partial charge in [-0.2, -0.15) is 5.10 Å². The third-order valence-electron chi connectivity index (χ3n) is 4.88. The highest BCUT2D eigenvalue weighted by Gasteiger charge is 2.19. The molecule has 0 aliphatic heterocycles. The largest absolute Gasteiger partial charge is 0.494 e. The summed E-state index contributed by atoms with van der Waals surface area (Å²) in [5.74, 6) is 1.59. The van der Waals surface area contributed by atoms with Crippen molar-refractivity contribution in [1.29, 1.82) is 0 Å². The van der Waals surface area contributed by atoms with E-state index in [1.807, 2.05) is 24.3 Å². The van der Waals surface area contributed by atoms with Crippen molar-refractivity contribution in [2.24, 2.45) is 12.8 Å². The molecule has 34 heavy (non-hydrogen) atoms. The maximum Gasteiger partial charge on any atom is 0.273 e. The van der Waals surface area contributed by atoms with Crippen molar-refractivity contribution in [3.63, 3.8) is 0 Å². The molecule has 12 nitrogen and oxygen atoms in total. The van der Waals surface area contributed by atoms with Gasteiger partial charge in [-0.05, 0) is 23.8 Å². The molecular formula is C22H24N10O2. The molecule has 1 amide bonds. The third-order valence-corrected chi connectivity index (χ3v) is 4.88. The van der Waals surface area contributed by atoms with E-state index < -0.39 is 5.91 Å². The maximum atomic E-state index is 12.5. The van der Waals surface area contributed by atoms with Gasteiger partial charge in [-0.1, -0.05) is 12.1 Å². The zero-order valence-corrected chi connectivity index (χ0v) is 18.9. The number of nitrogens with zero attached hydrogens (tertiary/aromatic N) is 6. The SMILES string of the molecule is CNC(=O)c1nnc(Nc2ccc(CN)cn2)cc1Nc1cccc(-c2ncn(C)n2)c1OC. The van der Waals surface area contributed by atoms with Crippen LogP contribution in [0.4, 0.5) is 23.0 Å². The number of methoxy groups -OCH3 is 1. The van der Waals surface area contributed by atoms with E-state index in [0.29, 0.717) is 46.7 Å². The Labute approximate surface area is 195 Å². The summed E-state index contributed by atoms with van der Waals surface area (Å²) in [6.07, 6.45) is 3.28. The number of carbonyl (C=O) groups excluding carboxylic acids is 1. The van der Waals surface area contributed by atoms with Crippen molar-refractivity contribution in [3.8, 4) is 17.1 Å². The lowest BCUT2D eigenvalue weighted by atomic mass is 10.1. The smallest absolute Gasteiger partial charge is 0.273 e. The first kappa shape index (κ1) is 22.6. The second kappa shape index (κ2) is 9.92. The van der Waals surface area contributed by atoms with E-state index in [0.717, 1.165) is 5.56 Å². The molecule has 0 fully saturated rings. The number of ether oxygens (including phenoxy) is 1. The lowest BCUT2D eigenvalue weighted by Crippen LogP contribution is -2.21. The van der Waals surface area contributed by atoms with Gasteiger partial charge < -0.3 is 26.4 Å². The average Bonchev–Trinajstić information content (AvgIpc) is 3.30. The van der Waals surface area contributed by atoms with Crippen LogP contribution < -0.4 is 26.4 Å². The molecule has 0 aliphatic rings. The molecule has 174 valence electrons. The highest BCUT2D eigenvalue weighted by Crippen LogP contribution is 2.37. The summed E-state index contributed by atoms with van der Waals surface area (Å²) in [4.78, 5) is 21.1. The van der Waals surface area contributed by atoms with Gasteiger partial charge in [0, 0.05) is 32.9 Å². The molecule has 3 aromatic heterocycles. The number of para-hydroxylation sites is 1. The molecule has 0 saturated heterocycles. The van der Waals surface area contributed by atoms with E-state index in [-0.39, 0.29) is 5.69 Å². The second-order valence-corrected chi connectivity index (χ2v) is 7.21. The summed E-state index contributed by atoms with van der Waals surface area (Å²) in [7, 11) is 4.87. The van der Waals surface area contributed by atoms with Crippen LogP contribution in [0.2, 0.25) is 0 Å². The number of nitrogens with one attached hydrogen (secondary N) is 3. The standard InChI is InChI=1S/C22H24N10O2/c1-24-22(33)19-16(9-18(29-30-19)28-17-8-7-13(10-23)11-25-17)27-15-6-4-5-14(20(15)34-3)21-26-12-32(2)31-21/h4-9,11-12H,10,23H2,1-3H3,(H,24,33)(H2,25,27,28,29). The van der Waals surface area contributed by atoms with Crippen LogP contribution in [0.15, 0.2) is 48.9 Å². The Kier molecular flexibility index (Phi) is 6.59. The minimum atomic E-state index is -0.395. The molecule has 4 aromatic rings. The van der Waals surface area contributed by atoms with Gasteiger partial charge in [0.25, 0.3) is 5.91 Å². The summed E-state index contributed by atoms with van der Waals surface area (Å²) in [5, 5.41) is 21.5. The second-order valence-electron chi connectivity index (χ2n) is 7.21. The van der Waals surface area contributed by atoms with E-state index in [1.165, 1.54) is 7.05 Å². The summed E-state index contributed by atoms with van der Waals surface area (Å²) >= 11 is 0. The zero-order chi connectivity index (χ0) is 24.1. The summed E-state index contributed by atoms with van der Waals surface area (Å²) < 4.78 is 7.27.